The van der Waals surface area contributed by atoms with Crippen LogP contribution in [0.1, 0.15) is 13.3 Å². The number of oxime groups is 1. The van der Waals surface area contributed by atoms with Crippen molar-refractivity contribution in [2.24, 2.45) is 16.2 Å². The Hall–Kier alpha value is -0.930. The standard InChI is InChI=1S/C6H9N3O/c1-3-6-4(8-7)2-5(6)10-9-3/h4-7H,2H2,1H3. The molecule has 0 aromatic rings. The van der Waals surface area contributed by atoms with Gasteiger partial charge in [0.2, 0.25) is 0 Å². The molecule has 1 N–H and O–H groups in total. The van der Waals surface area contributed by atoms with Crippen LogP contribution < -0.4 is 0 Å². The van der Waals surface area contributed by atoms with Crippen molar-refractivity contribution < 1.29 is 4.84 Å². The van der Waals surface area contributed by atoms with Gasteiger partial charge in [0.1, 0.15) is 6.10 Å². The lowest BCUT2D eigenvalue weighted by atomic mass is 9.75. The quantitative estimate of drug-likeness (QED) is 0.545. The Morgan fingerprint density at radius 1 is 1.80 bits per heavy atom. The average Bonchev–Trinajstić information content (AvgIpc) is 2.09. The van der Waals surface area contributed by atoms with E-state index in [0.717, 1.165) is 12.1 Å². The number of nitrogens with one attached hydrogen (secondary N) is 1. The molecule has 0 saturated heterocycles. The molecule has 0 spiro atoms. The highest BCUT2D eigenvalue weighted by atomic mass is 16.6. The monoisotopic (exact) mass is 139 g/mol. The van der Waals surface area contributed by atoms with E-state index in [9.17, 15) is 0 Å². The SMILES string of the molecule is CC1=NOC2CC(N=N)C12. The predicted molar refractivity (Wildman–Crippen MR) is 35.0 cm³/mol. The van der Waals surface area contributed by atoms with Crippen LogP contribution in [-0.4, -0.2) is 17.9 Å². The van der Waals surface area contributed by atoms with Crippen LogP contribution in [0.15, 0.2) is 10.3 Å². The topological polar surface area (TPSA) is 57.8 Å². The minimum absolute atomic E-state index is 0.149. The van der Waals surface area contributed by atoms with Crippen LogP contribution in [0.25, 0.3) is 0 Å². The van der Waals surface area contributed by atoms with E-state index < -0.39 is 0 Å². The lowest BCUT2D eigenvalue weighted by Gasteiger charge is -2.33. The number of fused-ring (bicyclic) bond motifs is 1. The van der Waals surface area contributed by atoms with Gasteiger partial charge >= 0.3 is 0 Å². The van der Waals surface area contributed by atoms with Gasteiger partial charge in [-0.15, -0.1) is 0 Å². The summed E-state index contributed by atoms with van der Waals surface area (Å²) >= 11 is 0. The molecule has 2 aliphatic rings. The van der Waals surface area contributed by atoms with Gasteiger partial charge < -0.3 is 4.84 Å². The Morgan fingerprint density at radius 2 is 2.60 bits per heavy atom. The largest absolute Gasteiger partial charge is 0.392 e. The van der Waals surface area contributed by atoms with E-state index in [1.165, 1.54) is 0 Å². The Bertz CT molecular complexity index is 201. The van der Waals surface area contributed by atoms with Crippen molar-refractivity contribution in [2.75, 3.05) is 0 Å². The van der Waals surface area contributed by atoms with Crippen molar-refractivity contribution in [3.8, 4) is 0 Å². The maximum Gasteiger partial charge on any atom is 0.139 e. The maximum atomic E-state index is 6.82. The summed E-state index contributed by atoms with van der Waals surface area (Å²) in [5.41, 5.74) is 7.81. The Morgan fingerprint density at radius 3 is 3.20 bits per heavy atom. The summed E-state index contributed by atoms with van der Waals surface area (Å²) in [5, 5.41) is 7.31. The zero-order valence-electron chi connectivity index (χ0n) is 5.74. The fourth-order valence-electron chi connectivity index (χ4n) is 1.58. The fraction of sp³-hybridized carbons (Fsp3) is 0.833. The second-order valence-electron chi connectivity index (χ2n) is 2.83. The molecule has 2 rings (SSSR count). The van der Waals surface area contributed by atoms with Gasteiger partial charge in [-0.1, -0.05) is 5.16 Å². The van der Waals surface area contributed by atoms with Gasteiger partial charge in [-0.25, -0.2) is 5.53 Å². The summed E-state index contributed by atoms with van der Waals surface area (Å²) < 4.78 is 0. The molecule has 54 valence electrons. The third-order valence-corrected chi connectivity index (χ3v) is 2.27. The molecule has 3 unspecified atom stereocenters. The van der Waals surface area contributed by atoms with Gasteiger partial charge in [-0.05, 0) is 6.92 Å². The number of hydrogen-bond acceptors (Lipinski definition) is 4. The molecule has 1 fully saturated rings. The molecule has 0 bridgehead atoms. The van der Waals surface area contributed by atoms with Gasteiger partial charge in [0, 0.05) is 6.42 Å². The molecule has 4 heteroatoms. The molecule has 0 aromatic carbocycles. The number of hydrogen-bond donors (Lipinski definition) is 1. The molecule has 10 heavy (non-hydrogen) atoms. The van der Waals surface area contributed by atoms with Crippen LogP contribution in [0.5, 0.6) is 0 Å². The molecule has 4 nitrogen and oxygen atoms in total. The van der Waals surface area contributed by atoms with Crippen molar-refractivity contribution in [2.45, 2.75) is 25.5 Å². The van der Waals surface area contributed by atoms with Crippen molar-refractivity contribution >= 4 is 5.71 Å². The van der Waals surface area contributed by atoms with Crippen LogP contribution in [-0.2, 0) is 4.84 Å². The van der Waals surface area contributed by atoms with Crippen LogP contribution in [0.4, 0.5) is 0 Å². The smallest absolute Gasteiger partial charge is 0.139 e. The first-order chi connectivity index (χ1) is 4.83. The third kappa shape index (κ3) is 0.535. The second-order valence-corrected chi connectivity index (χ2v) is 2.83. The van der Waals surface area contributed by atoms with Crippen LogP contribution >= 0.6 is 0 Å². The van der Waals surface area contributed by atoms with Crippen molar-refractivity contribution in [1.29, 1.82) is 5.53 Å². The molecule has 1 heterocycles. The normalized spacial score (nSPS) is 42.9. The Kier molecular flexibility index (Phi) is 1.03. The summed E-state index contributed by atoms with van der Waals surface area (Å²) in [6.45, 7) is 1.93. The van der Waals surface area contributed by atoms with Gasteiger partial charge in [-0.2, -0.15) is 5.11 Å². The zero-order chi connectivity index (χ0) is 7.14. The fourth-order valence-corrected chi connectivity index (χ4v) is 1.58. The van der Waals surface area contributed by atoms with Gasteiger partial charge in [0.05, 0.1) is 17.7 Å². The molecule has 1 aliphatic heterocycles. The maximum absolute atomic E-state index is 6.82. The van der Waals surface area contributed by atoms with E-state index in [4.69, 9.17) is 10.4 Å². The minimum atomic E-state index is 0.149. The molecule has 1 saturated carbocycles. The van der Waals surface area contributed by atoms with E-state index in [0.29, 0.717) is 5.92 Å². The molecule has 1 aliphatic carbocycles. The van der Waals surface area contributed by atoms with Gasteiger partial charge in [-0.3, -0.25) is 0 Å². The molecular formula is C6H9N3O. The van der Waals surface area contributed by atoms with E-state index in [1.807, 2.05) is 6.92 Å². The van der Waals surface area contributed by atoms with E-state index in [-0.39, 0.29) is 12.1 Å². The first-order valence-electron chi connectivity index (χ1n) is 3.40. The summed E-state index contributed by atoms with van der Waals surface area (Å²) in [6, 6.07) is 0.149. The van der Waals surface area contributed by atoms with E-state index in [2.05, 4.69) is 10.3 Å². The predicted octanol–water partition coefficient (Wildman–Crippen LogP) is 1.18. The third-order valence-electron chi connectivity index (χ3n) is 2.27. The highest BCUT2D eigenvalue weighted by Crippen LogP contribution is 2.38. The first-order valence-corrected chi connectivity index (χ1v) is 3.40. The molecule has 0 amide bonds. The molecule has 3 atom stereocenters. The van der Waals surface area contributed by atoms with Crippen LogP contribution in [0.3, 0.4) is 0 Å². The summed E-state index contributed by atoms with van der Waals surface area (Å²) in [6.07, 6.45) is 1.11. The van der Waals surface area contributed by atoms with Crippen LogP contribution in [0, 0.1) is 11.4 Å². The molecule has 0 aromatic heterocycles. The highest BCUT2D eigenvalue weighted by molar-refractivity contribution is 5.87. The lowest BCUT2D eigenvalue weighted by molar-refractivity contribution is -0.00502. The molecule has 0 radical (unpaired) electrons. The highest BCUT2D eigenvalue weighted by Gasteiger charge is 2.48. The summed E-state index contributed by atoms with van der Waals surface area (Å²) in [7, 11) is 0. The van der Waals surface area contributed by atoms with Gasteiger partial charge in [0.25, 0.3) is 0 Å². The van der Waals surface area contributed by atoms with Crippen molar-refractivity contribution in [3.63, 3.8) is 0 Å². The van der Waals surface area contributed by atoms with Crippen LogP contribution in [0.2, 0.25) is 0 Å². The van der Waals surface area contributed by atoms with E-state index >= 15 is 0 Å². The number of nitrogens with zero attached hydrogens (tertiary/aromatic N) is 2. The minimum Gasteiger partial charge on any atom is -0.392 e. The zero-order valence-corrected chi connectivity index (χ0v) is 5.74. The molecular weight excluding hydrogens is 130 g/mol. The first kappa shape index (κ1) is 5.82. The van der Waals surface area contributed by atoms with Crippen molar-refractivity contribution in [1.82, 2.24) is 0 Å². The van der Waals surface area contributed by atoms with Crippen molar-refractivity contribution in [3.05, 3.63) is 0 Å². The summed E-state index contributed by atoms with van der Waals surface area (Å²) in [5.74, 6) is 0.317. The average molecular weight is 139 g/mol. The summed E-state index contributed by atoms with van der Waals surface area (Å²) in [4.78, 5) is 5.04. The van der Waals surface area contributed by atoms with Gasteiger partial charge in [0.15, 0.2) is 0 Å². The number of rotatable bonds is 1. The van der Waals surface area contributed by atoms with E-state index in [1.54, 1.807) is 0 Å². The Labute approximate surface area is 58.8 Å². The lowest BCUT2D eigenvalue weighted by Crippen LogP contribution is -2.45. The Balaban J connectivity index is 2.13. The second kappa shape index (κ2) is 1.78.